The highest BCUT2D eigenvalue weighted by molar-refractivity contribution is 7.16. The Morgan fingerprint density at radius 2 is 0.841 bits per heavy atom. The molecule has 2 heterocycles. The number of hydrogen-bond donors (Lipinski definition) is 0. The maximum atomic E-state index is 5.13. The number of nitrogens with zero attached hydrogens (tertiary/aromatic N) is 4. The van der Waals surface area contributed by atoms with Crippen molar-refractivity contribution in [2.24, 2.45) is 0 Å². The molecular weight excluding hydrogens is 781 g/mol. The molecule has 0 bridgehead atoms. The first-order valence-corrected chi connectivity index (χ1v) is 23.7. The second-order valence-corrected chi connectivity index (χ2v) is 20.0. The van der Waals surface area contributed by atoms with Gasteiger partial charge in [0.2, 0.25) is 0 Å². The van der Waals surface area contributed by atoms with E-state index in [0.717, 1.165) is 68.7 Å². The van der Waals surface area contributed by atoms with Gasteiger partial charge in [-0.15, -0.1) is 0 Å². The van der Waals surface area contributed by atoms with Gasteiger partial charge in [-0.05, 0) is 106 Å². The minimum atomic E-state index is -2.59. The predicted octanol–water partition coefficient (Wildman–Crippen LogP) is 12.2. The number of hydrogen-bond acceptors (Lipinski definition) is 4. The van der Waals surface area contributed by atoms with E-state index in [1.165, 1.54) is 26.3 Å². The van der Waals surface area contributed by atoms with Gasteiger partial charge in [-0.3, -0.25) is 4.98 Å². The van der Waals surface area contributed by atoms with Crippen molar-refractivity contribution in [3.63, 3.8) is 0 Å². The summed E-state index contributed by atoms with van der Waals surface area (Å²) in [5, 5.41) is 5.60. The summed E-state index contributed by atoms with van der Waals surface area (Å²) in [7, 11) is -2.59. The lowest BCUT2D eigenvalue weighted by molar-refractivity contribution is 1.03. The van der Waals surface area contributed by atoms with Gasteiger partial charge in [0.1, 0.15) is 0 Å². The maximum absolute atomic E-state index is 5.13. The smallest absolute Gasteiger partial charge is 0.179 e. The summed E-state index contributed by atoms with van der Waals surface area (Å²) in [6, 6.07) is 71.8. The van der Waals surface area contributed by atoms with E-state index < -0.39 is 8.07 Å². The summed E-state index contributed by atoms with van der Waals surface area (Å²) < 4.78 is 0. The van der Waals surface area contributed by atoms with E-state index in [-0.39, 0.29) is 0 Å². The molecule has 0 spiro atoms. The molecule has 0 saturated heterocycles. The van der Waals surface area contributed by atoms with Crippen LogP contribution in [-0.2, 0) is 0 Å². The maximum Gasteiger partial charge on any atom is 0.179 e. The number of allylic oxidation sites excluding steroid dienone is 4. The monoisotopic (exact) mass is 826 g/mol. The quantitative estimate of drug-likeness (QED) is 0.102. The van der Waals surface area contributed by atoms with E-state index in [1.807, 2.05) is 67.6 Å². The molecule has 10 rings (SSSR count). The molecule has 1 aliphatic carbocycles. The molecule has 0 unspecified atom stereocenters. The van der Waals surface area contributed by atoms with E-state index in [4.69, 9.17) is 19.9 Å². The lowest BCUT2D eigenvalue weighted by Gasteiger charge is -2.36. The Balaban J connectivity index is 1.10. The van der Waals surface area contributed by atoms with Crippen LogP contribution < -0.4 is 15.6 Å². The van der Waals surface area contributed by atoms with Crippen molar-refractivity contribution in [1.29, 1.82) is 0 Å². The van der Waals surface area contributed by atoms with Gasteiger partial charge in [-0.1, -0.05) is 188 Å². The Labute approximate surface area is 371 Å². The number of aromatic nitrogens is 4. The lowest BCUT2D eigenvalue weighted by Crippen LogP contribution is -2.68. The van der Waals surface area contributed by atoms with Gasteiger partial charge in [0.15, 0.2) is 25.5 Å². The van der Waals surface area contributed by atoms with E-state index in [1.54, 1.807) is 0 Å². The molecule has 0 N–H and O–H groups in total. The summed E-state index contributed by atoms with van der Waals surface area (Å²) in [6.45, 7) is 4.12. The fourth-order valence-electron chi connectivity index (χ4n) is 9.07. The average Bonchev–Trinajstić information content (AvgIpc) is 3.36. The summed E-state index contributed by atoms with van der Waals surface area (Å²) in [6.07, 6.45) is 9.38. The topological polar surface area (TPSA) is 51.6 Å². The van der Waals surface area contributed by atoms with Crippen molar-refractivity contribution >= 4 is 23.6 Å². The average molecular weight is 827 g/mol. The Kier molecular flexibility index (Phi) is 10.9. The van der Waals surface area contributed by atoms with Gasteiger partial charge in [-0.2, -0.15) is 0 Å². The Morgan fingerprint density at radius 1 is 0.365 bits per heavy atom. The van der Waals surface area contributed by atoms with Crippen molar-refractivity contribution in [2.45, 2.75) is 26.7 Å². The zero-order chi connectivity index (χ0) is 42.6. The van der Waals surface area contributed by atoms with Crippen LogP contribution in [0.2, 0.25) is 0 Å². The van der Waals surface area contributed by atoms with Crippen LogP contribution in [0.5, 0.6) is 0 Å². The van der Waals surface area contributed by atoms with Gasteiger partial charge in [-0.25, -0.2) is 15.0 Å². The van der Waals surface area contributed by atoms with E-state index in [0.29, 0.717) is 17.5 Å². The third-order valence-corrected chi connectivity index (χ3v) is 17.0. The third kappa shape index (κ3) is 7.91. The standard InChI is InChI=1S/C58H46N4Si/c1-41-31-36-55(42(2)59-41)49-38-48(39-50(40-49)58-61-56(44-19-8-3-9-20-44)60-57(62-58)45-21-10-4-11-22-45)47-24-18-23-46(37-47)43-32-34-54(35-33-43)63(51-25-12-5-13-26-51,52-27-14-6-15-28-52)53-29-16-7-17-30-53/h3-6,8-16,18-40H,7,17H2,1-2H3. The molecule has 0 amide bonds. The normalized spacial score (nSPS) is 12.5. The highest BCUT2D eigenvalue weighted by Gasteiger charge is 2.42. The molecule has 302 valence electrons. The van der Waals surface area contributed by atoms with Crippen LogP contribution in [0.1, 0.15) is 24.2 Å². The fourth-order valence-corrected chi connectivity index (χ4v) is 13.9. The van der Waals surface area contributed by atoms with Gasteiger partial charge < -0.3 is 0 Å². The molecule has 2 aromatic heterocycles. The third-order valence-electron chi connectivity index (χ3n) is 12.1. The summed E-state index contributed by atoms with van der Waals surface area (Å²) in [5.41, 5.74) is 11.4. The number of benzene rings is 7. The molecular formula is C58H46N4Si. The first-order valence-electron chi connectivity index (χ1n) is 21.7. The SMILES string of the molecule is Cc1ccc(-c2cc(-c3cccc(-c4ccc([Si](C5=CCCC=C5)(c5ccccc5)c5ccccc5)cc4)c3)cc(-c3nc(-c4ccccc4)nc(-c4ccccc4)n3)c2)c(C)n1. The molecule has 0 fully saturated rings. The van der Waals surface area contributed by atoms with Crippen LogP contribution in [0.25, 0.3) is 67.5 Å². The first kappa shape index (κ1) is 39.5. The van der Waals surface area contributed by atoms with Crippen LogP contribution >= 0.6 is 0 Å². The number of rotatable bonds is 10. The molecule has 9 aromatic rings. The Hall–Kier alpha value is -7.60. The van der Waals surface area contributed by atoms with Gasteiger partial charge >= 0.3 is 0 Å². The van der Waals surface area contributed by atoms with Crippen LogP contribution in [-0.4, -0.2) is 28.0 Å². The summed E-state index contributed by atoms with van der Waals surface area (Å²) in [5.74, 6) is 1.88. The van der Waals surface area contributed by atoms with E-state index in [9.17, 15) is 0 Å². The fraction of sp³-hybridized carbons (Fsp3) is 0.0690. The second kappa shape index (κ2) is 17.4. The second-order valence-electron chi connectivity index (χ2n) is 16.2. The molecule has 0 radical (unpaired) electrons. The van der Waals surface area contributed by atoms with E-state index in [2.05, 4.69) is 165 Å². The molecule has 7 aromatic carbocycles. The minimum Gasteiger partial charge on any atom is -0.258 e. The van der Waals surface area contributed by atoms with Crippen molar-refractivity contribution in [3.05, 3.63) is 235 Å². The zero-order valence-corrected chi connectivity index (χ0v) is 36.5. The molecule has 1 aliphatic rings. The minimum absolute atomic E-state index is 0.614. The number of pyridine rings is 1. The van der Waals surface area contributed by atoms with Gasteiger partial charge in [0.25, 0.3) is 0 Å². The van der Waals surface area contributed by atoms with Crippen molar-refractivity contribution in [1.82, 2.24) is 19.9 Å². The van der Waals surface area contributed by atoms with Crippen LogP contribution in [0.4, 0.5) is 0 Å². The van der Waals surface area contributed by atoms with Crippen LogP contribution in [0.3, 0.4) is 0 Å². The highest BCUT2D eigenvalue weighted by atomic mass is 28.3. The summed E-state index contributed by atoms with van der Waals surface area (Å²) >= 11 is 0. The largest absolute Gasteiger partial charge is 0.258 e. The highest BCUT2D eigenvalue weighted by Crippen LogP contribution is 2.36. The molecule has 63 heavy (non-hydrogen) atoms. The molecule has 0 aliphatic heterocycles. The van der Waals surface area contributed by atoms with Gasteiger partial charge in [0.05, 0.1) is 0 Å². The Morgan fingerprint density at radius 3 is 1.40 bits per heavy atom. The zero-order valence-electron chi connectivity index (χ0n) is 35.5. The van der Waals surface area contributed by atoms with E-state index >= 15 is 0 Å². The molecule has 0 atom stereocenters. The predicted molar refractivity (Wildman–Crippen MR) is 264 cm³/mol. The molecule has 0 saturated carbocycles. The van der Waals surface area contributed by atoms with Crippen LogP contribution in [0.15, 0.2) is 224 Å². The van der Waals surface area contributed by atoms with Crippen molar-refractivity contribution < 1.29 is 0 Å². The van der Waals surface area contributed by atoms with Crippen molar-refractivity contribution in [3.8, 4) is 67.5 Å². The van der Waals surface area contributed by atoms with Crippen molar-refractivity contribution in [2.75, 3.05) is 0 Å². The van der Waals surface area contributed by atoms with Gasteiger partial charge in [0, 0.05) is 33.6 Å². The number of aryl methyl sites for hydroxylation is 2. The molecule has 5 heteroatoms. The Bertz CT molecular complexity index is 3010. The van der Waals surface area contributed by atoms with Crippen LogP contribution in [0, 0.1) is 13.8 Å². The first-order chi connectivity index (χ1) is 31.0. The summed E-state index contributed by atoms with van der Waals surface area (Å²) in [4.78, 5) is 20.1. The molecule has 4 nitrogen and oxygen atoms in total. The lowest BCUT2D eigenvalue weighted by atomic mass is 9.93.